The zero-order valence-corrected chi connectivity index (χ0v) is 12.7. The van der Waals surface area contributed by atoms with E-state index in [0.717, 1.165) is 23.5 Å². The van der Waals surface area contributed by atoms with Crippen LogP contribution in [0.5, 0.6) is 0 Å². The second-order valence-electron chi connectivity index (χ2n) is 5.39. The quantitative estimate of drug-likeness (QED) is 0.867. The number of halogens is 1. The van der Waals surface area contributed by atoms with Crippen LogP contribution in [0.25, 0.3) is 0 Å². The first kappa shape index (κ1) is 14.0. The molecule has 0 radical (unpaired) electrons. The van der Waals surface area contributed by atoms with Crippen molar-refractivity contribution in [3.05, 3.63) is 34.3 Å². The molecule has 0 aliphatic heterocycles. The Bertz CT molecular complexity index is 359. The van der Waals surface area contributed by atoms with E-state index in [1.807, 2.05) is 0 Å². The molecular weight excluding hydrogens is 290 g/mol. The third kappa shape index (κ3) is 3.81. The first-order chi connectivity index (χ1) is 8.69. The standard InChI is InChI=1S/C15H22BrNO/c1-11(10-18-2)9-17-15-7-13(8-15)12-3-5-14(16)6-4-12/h3-6,11,13,15,17H,7-10H2,1-2H3. The summed E-state index contributed by atoms with van der Waals surface area (Å²) in [5.74, 6) is 1.34. The predicted octanol–water partition coefficient (Wildman–Crippen LogP) is 3.57. The van der Waals surface area contributed by atoms with E-state index in [-0.39, 0.29) is 0 Å². The molecule has 3 heteroatoms. The van der Waals surface area contributed by atoms with Crippen LogP contribution in [-0.2, 0) is 4.74 Å². The Hall–Kier alpha value is -0.380. The highest BCUT2D eigenvalue weighted by Crippen LogP contribution is 2.37. The van der Waals surface area contributed by atoms with Crippen LogP contribution in [0.15, 0.2) is 28.7 Å². The van der Waals surface area contributed by atoms with E-state index in [1.165, 1.54) is 18.4 Å². The molecule has 1 saturated carbocycles. The van der Waals surface area contributed by atoms with Gasteiger partial charge >= 0.3 is 0 Å². The maximum atomic E-state index is 5.14. The Morgan fingerprint density at radius 1 is 1.33 bits per heavy atom. The molecule has 1 N–H and O–H groups in total. The Morgan fingerprint density at radius 3 is 2.61 bits per heavy atom. The minimum Gasteiger partial charge on any atom is -0.384 e. The van der Waals surface area contributed by atoms with E-state index in [0.29, 0.717) is 12.0 Å². The normalized spacial score (nSPS) is 24.6. The fourth-order valence-electron chi connectivity index (χ4n) is 2.50. The molecule has 1 atom stereocenters. The molecule has 0 bridgehead atoms. The van der Waals surface area contributed by atoms with Crippen molar-refractivity contribution < 1.29 is 4.74 Å². The van der Waals surface area contributed by atoms with Crippen molar-refractivity contribution in [1.82, 2.24) is 5.32 Å². The lowest BCUT2D eigenvalue weighted by atomic mass is 9.76. The molecule has 1 aromatic rings. The molecule has 2 rings (SSSR count). The van der Waals surface area contributed by atoms with Gasteiger partial charge in [0.15, 0.2) is 0 Å². The summed E-state index contributed by atoms with van der Waals surface area (Å²) in [5, 5.41) is 3.63. The zero-order valence-electron chi connectivity index (χ0n) is 11.2. The molecule has 1 fully saturated rings. The maximum absolute atomic E-state index is 5.14. The van der Waals surface area contributed by atoms with Gasteiger partial charge in [-0.25, -0.2) is 0 Å². The molecule has 0 heterocycles. The molecule has 1 aliphatic rings. The molecule has 0 spiro atoms. The first-order valence-electron chi connectivity index (χ1n) is 6.67. The van der Waals surface area contributed by atoms with Gasteiger partial charge < -0.3 is 10.1 Å². The van der Waals surface area contributed by atoms with Crippen molar-refractivity contribution in [2.45, 2.75) is 31.7 Å². The number of hydrogen-bond acceptors (Lipinski definition) is 2. The van der Waals surface area contributed by atoms with E-state index in [9.17, 15) is 0 Å². The highest BCUT2D eigenvalue weighted by atomic mass is 79.9. The van der Waals surface area contributed by atoms with Crippen molar-refractivity contribution in [2.75, 3.05) is 20.3 Å². The second kappa shape index (κ2) is 6.69. The lowest BCUT2D eigenvalue weighted by molar-refractivity contribution is 0.152. The summed E-state index contributed by atoms with van der Waals surface area (Å²) >= 11 is 3.48. The predicted molar refractivity (Wildman–Crippen MR) is 78.9 cm³/mol. The van der Waals surface area contributed by atoms with Crippen LogP contribution in [0, 0.1) is 5.92 Å². The minimum absolute atomic E-state index is 0.599. The average molecular weight is 312 g/mol. The van der Waals surface area contributed by atoms with Crippen molar-refractivity contribution in [2.24, 2.45) is 5.92 Å². The van der Waals surface area contributed by atoms with Gasteiger partial charge in [-0.3, -0.25) is 0 Å². The van der Waals surface area contributed by atoms with Crippen molar-refractivity contribution >= 4 is 15.9 Å². The second-order valence-corrected chi connectivity index (χ2v) is 6.30. The summed E-state index contributed by atoms with van der Waals surface area (Å²) in [4.78, 5) is 0. The van der Waals surface area contributed by atoms with Gasteiger partial charge in [-0.1, -0.05) is 35.0 Å². The lowest BCUT2D eigenvalue weighted by Gasteiger charge is -2.37. The van der Waals surface area contributed by atoms with Gasteiger partial charge in [0.25, 0.3) is 0 Å². The van der Waals surface area contributed by atoms with Crippen molar-refractivity contribution in [3.63, 3.8) is 0 Å². The van der Waals surface area contributed by atoms with E-state index in [1.54, 1.807) is 7.11 Å². The van der Waals surface area contributed by atoms with Crippen molar-refractivity contribution in [3.8, 4) is 0 Å². The van der Waals surface area contributed by atoms with Crippen LogP contribution in [0.2, 0.25) is 0 Å². The van der Waals surface area contributed by atoms with Crippen LogP contribution >= 0.6 is 15.9 Å². The van der Waals surface area contributed by atoms with Gasteiger partial charge in [-0.2, -0.15) is 0 Å². The van der Waals surface area contributed by atoms with Crippen LogP contribution in [0.1, 0.15) is 31.2 Å². The number of ether oxygens (including phenoxy) is 1. The van der Waals surface area contributed by atoms with Gasteiger partial charge in [0, 0.05) is 30.8 Å². The molecule has 18 heavy (non-hydrogen) atoms. The molecule has 100 valence electrons. The zero-order chi connectivity index (χ0) is 13.0. The third-order valence-corrected chi connectivity index (χ3v) is 4.21. The Morgan fingerprint density at radius 2 is 2.00 bits per heavy atom. The first-order valence-corrected chi connectivity index (χ1v) is 7.46. The van der Waals surface area contributed by atoms with Crippen LogP contribution in [0.3, 0.4) is 0 Å². The van der Waals surface area contributed by atoms with Gasteiger partial charge in [0.1, 0.15) is 0 Å². The molecule has 0 saturated heterocycles. The number of benzene rings is 1. The lowest BCUT2D eigenvalue weighted by Crippen LogP contribution is -2.42. The van der Waals surface area contributed by atoms with Gasteiger partial charge in [-0.05, 0) is 42.4 Å². The number of hydrogen-bond donors (Lipinski definition) is 1. The van der Waals surface area contributed by atoms with Gasteiger partial charge in [0.05, 0.1) is 0 Å². The molecule has 1 aromatic carbocycles. The largest absolute Gasteiger partial charge is 0.384 e. The summed E-state index contributed by atoms with van der Waals surface area (Å²) in [7, 11) is 1.77. The molecule has 1 unspecified atom stereocenters. The summed E-state index contributed by atoms with van der Waals surface area (Å²) in [6, 6.07) is 9.43. The maximum Gasteiger partial charge on any atom is 0.0499 e. The van der Waals surface area contributed by atoms with Crippen LogP contribution in [-0.4, -0.2) is 26.3 Å². The minimum atomic E-state index is 0.599. The van der Waals surface area contributed by atoms with Crippen LogP contribution in [0.4, 0.5) is 0 Å². The molecule has 0 aromatic heterocycles. The number of nitrogens with one attached hydrogen (secondary N) is 1. The Balaban J connectivity index is 1.69. The third-order valence-electron chi connectivity index (χ3n) is 3.69. The Labute approximate surface area is 118 Å². The monoisotopic (exact) mass is 311 g/mol. The molecule has 0 amide bonds. The highest BCUT2D eigenvalue weighted by molar-refractivity contribution is 9.10. The van der Waals surface area contributed by atoms with E-state index >= 15 is 0 Å². The molecule has 2 nitrogen and oxygen atoms in total. The fourth-order valence-corrected chi connectivity index (χ4v) is 2.77. The summed E-state index contributed by atoms with van der Waals surface area (Å²) < 4.78 is 6.31. The SMILES string of the molecule is COCC(C)CNC1CC(c2ccc(Br)cc2)C1. The van der Waals surface area contributed by atoms with E-state index < -0.39 is 0 Å². The van der Waals surface area contributed by atoms with Crippen molar-refractivity contribution in [1.29, 1.82) is 0 Å². The topological polar surface area (TPSA) is 21.3 Å². The number of rotatable bonds is 6. The fraction of sp³-hybridized carbons (Fsp3) is 0.600. The van der Waals surface area contributed by atoms with Gasteiger partial charge in [-0.15, -0.1) is 0 Å². The summed E-state index contributed by atoms with van der Waals surface area (Å²) in [6.45, 7) is 4.13. The molecular formula is C15H22BrNO. The van der Waals surface area contributed by atoms with Crippen LogP contribution < -0.4 is 5.32 Å². The summed E-state index contributed by atoms with van der Waals surface area (Å²) in [5.41, 5.74) is 1.47. The Kier molecular flexibility index (Phi) is 5.22. The van der Waals surface area contributed by atoms with E-state index in [4.69, 9.17) is 4.74 Å². The highest BCUT2D eigenvalue weighted by Gasteiger charge is 2.29. The van der Waals surface area contributed by atoms with Gasteiger partial charge in [0.2, 0.25) is 0 Å². The smallest absolute Gasteiger partial charge is 0.0499 e. The summed E-state index contributed by atoms with van der Waals surface area (Å²) in [6.07, 6.45) is 2.53. The van der Waals surface area contributed by atoms with E-state index in [2.05, 4.69) is 52.4 Å². The number of methoxy groups -OCH3 is 1. The molecule has 1 aliphatic carbocycles. The average Bonchev–Trinajstić information content (AvgIpc) is 2.29.